The Hall–Kier alpha value is -5.42. The van der Waals surface area contributed by atoms with Gasteiger partial charge in [0.25, 0.3) is 0 Å². The number of nitrogens with zero attached hydrogens (tertiary/aromatic N) is 6. The van der Waals surface area contributed by atoms with Crippen LogP contribution in [-0.4, -0.2) is 29.5 Å². The molecule has 0 fully saturated rings. The fourth-order valence-corrected chi connectivity index (χ4v) is 2.66. The number of hydrogen-bond acceptors (Lipinski definition) is 12. The first-order chi connectivity index (χ1) is 14.9. The SMILES string of the molecule is O=[N+]([O-])c1ccc(/C=C/c2ccc([N+](=O)[O-])c([N+](=O)[O-])c2[N+](=O)[O-])c([N+](=O)[O-])c1[N+](=O)[O-]. The zero-order valence-corrected chi connectivity index (χ0v) is 15.0. The fourth-order valence-electron chi connectivity index (χ4n) is 2.66. The van der Waals surface area contributed by atoms with Crippen molar-refractivity contribution in [2.45, 2.75) is 0 Å². The minimum Gasteiger partial charge on any atom is -0.258 e. The summed E-state index contributed by atoms with van der Waals surface area (Å²) in [7, 11) is 0. The van der Waals surface area contributed by atoms with E-state index in [1.54, 1.807) is 0 Å². The highest BCUT2D eigenvalue weighted by Crippen LogP contribution is 2.42. The molecule has 0 aliphatic rings. The zero-order valence-electron chi connectivity index (χ0n) is 15.0. The molecule has 32 heavy (non-hydrogen) atoms. The van der Waals surface area contributed by atoms with Gasteiger partial charge < -0.3 is 0 Å². The molecule has 0 atom stereocenters. The Kier molecular flexibility index (Phi) is 6.09. The smallest absolute Gasteiger partial charge is 0.258 e. The lowest BCUT2D eigenvalue weighted by molar-refractivity contribution is -0.441. The van der Waals surface area contributed by atoms with Crippen LogP contribution in [0, 0.1) is 60.7 Å². The van der Waals surface area contributed by atoms with E-state index in [2.05, 4.69) is 0 Å². The summed E-state index contributed by atoms with van der Waals surface area (Å²) in [6.45, 7) is 0. The monoisotopic (exact) mass is 450 g/mol. The van der Waals surface area contributed by atoms with Gasteiger partial charge in [0, 0.05) is 12.1 Å². The van der Waals surface area contributed by atoms with Crippen molar-refractivity contribution in [3.8, 4) is 0 Å². The zero-order chi connectivity index (χ0) is 24.3. The summed E-state index contributed by atoms with van der Waals surface area (Å²) in [5.74, 6) is 0. The van der Waals surface area contributed by atoms with Crippen molar-refractivity contribution in [2.75, 3.05) is 0 Å². The van der Waals surface area contributed by atoms with Gasteiger partial charge in [-0.2, -0.15) is 0 Å². The third kappa shape index (κ3) is 4.12. The Balaban J connectivity index is 2.81. The standard InChI is InChI=1S/C14H6N6O12/c21-15(22)9-5-3-7(11(17(25)26)13(9)19(29)30)1-2-8-4-6-10(16(23)24)14(20(31)32)12(8)18(27)28/h1-6H/b2-1+. The van der Waals surface area contributed by atoms with Crippen LogP contribution in [0.15, 0.2) is 24.3 Å². The van der Waals surface area contributed by atoms with Gasteiger partial charge in [-0.15, -0.1) is 0 Å². The third-order valence-electron chi connectivity index (χ3n) is 3.89. The van der Waals surface area contributed by atoms with E-state index < -0.39 is 74.8 Å². The second-order valence-corrected chi connectivity index (χ2v) is 5.62. The third-order valence-corrected chi connectivity index (χ3v) is 3.89. The maximum Gasteiger partial charge on any atom is 0.422 e. The first-order valence-corrected chi connectivity index (χ1v) is 7.76. The molecule has 0 radical (unpaired) electrons. The first kappa shape index (κ1) is 22.9. The molecule has 0 heterocycles. The Morgan fingerprint density at radius 1 is 0.438 bits per heavy atom. The molecule has 0 bridgehead atoms. The van der Waals surface area contributed by atoms with Crippen molar-refractivity contribution < 1.29 is 29.5 Å². The number of nitro groups is 6. The summed E-state index contributed by atoms with van der Waals surface area (Å²) in [6.07, 6.45) is 1.43. The van der Waals surface area contributed by atoms with Gasteiger partial charge in [-0.25, -0.2) is 0 Å². The van der Waals surface area contributed by atoms with E-state index in [4.69, 9.17) is 0 Å². The van der Waals surface area contributed by atoms with Gasteiger partial charge >= 0.3 is 34.1 Å². The molecule has 0 N–H and O–H groups in total. The van der Waals surface area contributed by atoms with Gasteiger partial charge in [-0.1, -0.05) is 0 Å². The molecule has 2 aromatic rings. The average molecular weight is 450 g/mol. The Morgan fingerprint density at radius 2 is 0.719 bits per heavy atom. The fraction of sp³-hybridized carbons (Fsp3) is 0. The molecule has 0 unspecified atom stereocenters. The number of benzene rings is 2. The molecule has 0 aliphatic heterocycles. The molecular formula is C14H6N6O12. The minimum absolute atomic E-state index is 0.595. The van der Waals surface area contributed by atoms with Crippen LogP contribution in [-0.2, 0) is 0 Å². The van der Waals surface area contributed by atoms with E-state index in [9.17, 15) is 60.7 Å². The van der Waals surface area contributed by atoms with Crippen LogP contribution in [0.3, 0.4) is 0 Å². The normalized spacial score (nSPS) is 10.6. The average Bonchev–Trinajstić information content (AvgIpc) is 2.69. The summed E-state index contributed by atoms with van der Waals surface area (Å²) in [6, 6.07) is 2.70. The molecular weight excluding hydrogens is 444 g/mol. The topological polar surface area (TPSA) is 259 Å². The lowest BCUT2D eigenvalue weighted by atomic mass is 10.1. The van der Waals surface area contributed by atoms with Gasteiger partial charge in [0.2, 0.25) is 0 Å². The van der Waals surface area contributed by atoms with E-state index >= 15 is 0 Å². The maximum absolute atomic E-state index is 11.3. The highest BCUT2D eigenvalue weighted by atomic mass is 16.7. The molecule has 0 saturated carbocycles. The summed E-state index contributed by atoms with van der Waals surface area (Å²) < 4.78 is 0. The lowest BCUT2D eigenvalue weighted by Crippen LogP contribution is -2.03. The lowest BCUT2D eigenvalue weighted by Gasteiger charge is -2.02. The molecule has 18 heteroatoms. The van der Waals surface area contributed by atoms with Crippen molar-refractivity contribution in [1.29, 1.82) is 0 Å². The van der Waals surface area contributed by atoms with E-state index in [1.807, 2.05) is 0 Å². The van der Waals surface area contributed by atoms with E-state index in [0.29, 0.717) is 24.3 Å². The number of nitro benzene ring substituents is 6. The molecule has 2 aromatic carbocycles. The predicted molar refractivity (Wildman–Crippen MR) is 102 cm³/mol. The van der Waals surface area contributed by atoms with Crippen LogP contribution >= 0.6 is 0 Å². The highest BCUT2D eigenvalue weighted by Gasteiger charge is 2.39. The van der Waals surface area contributed by atoms with Gasteiger partial charge in [0.05, 0.1) is 40.7 Å². The largest absolute Gasteiger partial charge is 0.422 e. The molecule has 164 valence electrons. The molecule has 0 spiro atoms. The summed E-state index contributed by atoms with van der Waals surface area (Å²) in [5, 5.41) is 67.0. The second-order valence-electron chi connectivity index (χ2n) is 5.62. The first-order valence-electron chi connectivity index (χ1n) is 7.76. The van der Waals surface area contributed by atoms with Crippen molar-refractivity contribution in [3.63, 3.8) is 0 Å². The summed E-state index contributed by atoms with van der Waals surface area (Å²) in [5.41, 5.74) is -9.08. The van der Waals surface area contributed by atoms with Crippen LogP contribution < -0.4 is 0 Å². The second kappa shape index (κ2) is 8.52. The van der Waals surface area contributed by atoms with E-state index in [0.717, 1.165) is 12.1 Å². The molecule has 2 rings (SSSR count). The van der Waals surface area contributed by atoms with Crippen molar-refractivity contribution >= 4 is 46.3 Å². The Labute approximate surface area is 172 Å². The van der Waals surface area contributed by atoms with Crippen molar-refractivity contribution in [2.24, 2.45) is 0 Å². The van der Waals surface area contributed by atoms with E-state index in [-0.39, 0.29) is 0 Å². The van der Waals surface area contributed by atoms with Crippen LogP contribution in [0.2, 0.25) is 0 Å². The van der Waals surface area contributed by atoms with Crippen LogP contribution in [0.1, 0.15) is 11.1 Å². The van der Waals surface area contributed by atoms with Crippen molar-refractivity contribution in [3.05, 3.63) is 96.1 Å². The number of hydrogen-bond donors (Lipinski definition) is 0. The van der Waals surface area contributed by atoms with Crippen molar-refractivity contribution in [1.82, 2.24) is 0 Å². The molecule has 0 aliphatic carbocycles. The number of rotatable bonds is 8. The molecule has 18 nitrogen and oxygen atoms in total. The summed E-state index contributed by atoms with van der Waals surface area (Å²) in [4.78, 5) is 59.3. The van der Waals surface area contributed by atoms with Crippen LogP contribution in [0.4, 0.5) is 34.1 Å². The quantitative estimate of drug-likeness (QED) is 0.318. The van der Waals surface area contributed by atoms with Crippen LogP contribution in [0.5, 0.6) is 0 Å². The minimum atomic E-state index is -1.45. The highest BCUT2D eigenvalue weighted by molar-refractivity contribution is 5.85. The predicted octanol–water partition coefficient (Wildman–Crippen LogP) is 3.31. The van der Waals surface area contributed by atoms with E-state index in [1.165, 1.54) is 0 Å². The molecule has 0 amide bonds. The van der Waals surface area contributed by atoms with Gasteiger partial charge in [0.1, 0.15) is 0 Å². The van der Waals surface area contributed by atoms with Gasteiger partial charge in [-0.3, -0.25) is 60.7 Å². The van der Waals surface area contributed by atoms with Crippen LogP contribution in [0.25, 0.3) is 12.2 Å². The molecule has 0 saturated heterocycles. The molecule has 0 aromatic heterocycles. The summed E-state index contributed by atoms with van der Waals surface area (Å²) >= 11 is 0. The van der Waals surface area contributed by atoms with Gasteiger partial charge in [-0.05, 0) is 24.3 Å². The Morgan fingerprint density at radius 3 is 0.938 bits per heavy atom. The Bertz CT molecular complexity index is 1160. The maximum atomic E-state index is 11.3. The van der Waals surface area contributed by atoms with Gasteiger partial charge in [0.15, 0.2) is 0 Å².